The van der Waals surface area contributed by atoms with Gasteiger partial charge in [-0.05, 0) is 43.2 Å². The molecule has 7 heteroatoms. The molecular formula is C20H19Cl2N3OS. The molecule has 140 valence electrons. The first-order valence-electron chi connectivity index (χ1n) is 8.40. The number of aromatic nitrogens is 1. The Morgan fingerprint density at radius 2 is 1.96 bits per heavy atom. The molecule has 0 saturated heterocycles. The lowest BCUT2D eigenvalue weighted by Crippen LogP contribution is -2.21. The Bertz CT molecular complexity index is 972. The van der Waals surface area contributed by atoms with Crippen molar-refractivity contribution < 1.29 is 4.79 Å². The van der Waals surface area contributed by atoms with Gasteiger partial charge in [-0.1, -0.05) is 47.0 Å². The highest BCUT2D eigenvalue weighted by atomic mass is 35.5. The second kappa shape index (κ2) is 8.74. The van der Waals surface area contributed by atoms with Crippen molar-refractivity contribution in [2.45, 2.75) is 20.3 Å². The molecule has 0 bridgehead atoms. The topological polar surface area (TPSA) is 54.0 Å². The van der Waals surface area contributed by atoms with Crippen LogP contribution in [-0.4, -0.2) is 17.4 Å². The van der Waals surface area contributed by atoms with E-state index in [4.69, 9.17) is 23.2 Å². The van der Waals surface area contributed by atoms with E-state index in [9.17, 15) is 4.79 Å². The fraction of sp³-hybridized carbons (Fsp3) is 0.200. The van der Waals surface area contributed by atoms with Crippen LogP contribution in [0.1, 0.15) is 21.6 Å². The van der Waals surface area contributed by atoms with Crippen LogP contribution in [0.25, 0.3) is 0 Å². The zero-order valence-electron chi connectivity index (χ0n) is 15.0. The first-order chi connectivity index (χ1) is 12.9. The van der Waals surface area contributed by atoms with E-state index in [1.54, 1.807) is 12.3 Å². The van der Waals surface area contributed by atoms with Gasteiger partial charge in [0.2, 0.25) is 5.91 Å². The lowest BCUT2D eigenvalue weighted by molar-refractivity contribution is -0.114. The molecule has 3 aromatic rings. The standard InChI is InChI=1S/C20H19Cl2N3OS/c1-12-3-6-18(13(2)7-12)23-11-19(26)25-20-24-10-16(27-20)8-14-4-5-15(21)9-17(14)22/h3-7,9-10,23H,8,11H2,1-2H3,(H,24,25,26). The van der Waals surface area contributed by atoms with Gasteiger partial charge in [0, 0.05) is 33.2 Å². The van der Waals surface area contributed by atoms with E-state index in [1.165, 1.54) is 16.9 Å². The zero-order chi connectivity index (χ0) is 19.4. The fourth-order valence-corrected chi connectivity index (χ4v) is 3.98. The molecule has 0 aliphatic carbocycles. The monoisotopic (exact) mass is 419 g/mol. The smallest absolute Gasteiger partial charge is 0.245 e. The first kappa shape index (κ1) is 19.7. The average Bonchev–Trinajstić information content (AvgIpc) is 3.03. The molecule has 1 heterocycles. The third kappa shape index (κ3) is 5.45. The van der Waals surface area contributed by atoms with E-state index in [0.29, 0.717) is 21.6 Å². The molecule has 1 amide bonds. The lowest BCUT2D eigenvalue weighted by Gasteiger charge is -2.09. The summed E-state index contributed by atoms with van der Waals surface area (Å²) in [5.74, 6) is -0.139. The Kier molecular flexibility index (Phi) is 6.37. The fourth-order valence-electron chi connectivity index (χ4n) is 2.65. The molecular weight excluding hydrogens is 401 g/mol. The SMILES string of the molecule is Cc1ccc(NCC(=O)Nc2ncc(Cc3ccc(Cl)cc3Cl)s2)c(C)c1. The summed E-state index contributed by atoms with van der Waals surface area (Å²) in [6.07, 6.45) is 2.40. The van der Waals surface area contributed by atoms with E-state index in [-0.39, 0.29) is 12.5 Å². The molecule has 4 nitrogen and oxygen atoms in total. The highest BCUT2D eigenvalue weighted by Gasteiger charge is 2.09. The highest BCUT2D eigenvalue weighted by Crippen LogP contribution is 2.27. The van der Waals surface area contributed by atoms with E-state index < -0.39 is 0 Å². The van der Waals surface area contributed by atoms with Crippen molar-refractivity contribution in [2.24, 2.45) is 0 Å². The number of halogens is 2. The van der Waals surface area contributed by atoms with E-state index in [2.05, 4.69) is 21.7 Å². The van der Waals surface area contributed by atoms with Crippen molar-refractivity contribution in [3.05, 3.63) is 74.2 Å². The average molecular weight is 420 g/mol. The number of carbonyl (C=O) groups is 1. The van der Waals surface area contributed by atoms with Crippen LogP contribution in [-0.2, 0) is 11.2 Å². The van der Waals surface area contributed by atoms with E-state index in [0.717, 1.165) is 21.7 Å². The third-order valence-corrected chi connectivity index (χ3v) is 5.50. The second-order valence-corrected chi connectivity index (χ2v) is 8.22. The number of nitrogens with one attached hydrogen (secondary N) is 2. The van der Waals surface area contributed by atoms with E-state index in [1.807, 2.05) is 38.1 Å². The lowest BCUT2D eigenvalue weighted by atomic mass is 10.1. The summed E-state index contributed by atoms with van der Waals surface area (Å²) >= 11 is 13.6. The Morgan fingerprint density at radius 1 is 1.15 bits per heavy atom. The van der Waals surface area contributed by atoms with Crippen molar-refractivity contribution in [3.63, 3.8) is 0 Å². The number of hydrogen-bond donors (Lipinski definition) is 2. The van der Waals surface area contributed by atoms with Gasteiger partial charge in [0.25, 0.3) is 0 Å². The predicted molar refractivity (Wildman–Crippen MR) is 114 cm³/mol. The molecule has 0 fully saturated rings. The summed E-state index contributed by atoms with van der Waals surface area (Å²) < 4.78 is 0. The van der Waals surface area contributed by atoms with Crippen LogP contribution in [0.4, 0.5) is 10.8 Å². The molecule has 2 N–H and O–H groups in total. The van der Waals surface area contributed by atoms with Gasteiger partial charge in [0.05, 0.1) is 6.54 Å². The molecule has 27 heavy (non-hydrogen) atoms. The number of thiazole rings is 1. The Labute approximate surface area is 172 Å². The number of nitrogens with zero attached hydrogens (tertiary/aromatic N) is 1. The summed E-state index contributed by atoms with van der Waals surface area (Å²) in [7, 11) is 0. The van der Waals surface area contributed by atoms with Crippen molar-refractivity contribution in [2.75, 3.05) is 17.2 Å². The summed E-state index contributed by atoms with van der Waals surface area (Å²) in [5.41, 5.74) is 4.23. The highest BCUT2D eigenvalue weighted by molar-refractivity contribution is 7.15. The van der Waals surface area contributed by atoms with Crippen LogP contribution in [0.2, 0.25) is 10.0 Å². The number of benzene rings is 2. The summed E-state index contributed by atoms with van der Waals surface area (Å²) in [5, 5.41) is 7.78. The van der Waals surface area contributed by atoms with Crippen LogP contribution >= 0.6 is 34.5 Å². The predicted octanol–water partition coefficient (Wildman–Crippen LogP) is 5.71. The van der Waals surface area contributed by atoms with Crippen LogP contribution in [0.5, 0.6) is 0 Å². The first-order valence-corrected chi connectivity index (χ1v) is 9.97. The Balaban J connectivity index is 1.56. The molecule has 0 saturated carbocycles. The number of hydrogen-bond acceptors (Lipinski definition) is 4. The molecule has 0 aliphatic rings. The number of aryl methyl sites for hydroxylation is 2. The van der Waals surface area contributed by atoms with E-state index >= 15 is 0 Å². The Morgan fingerprint density at radius 3 is 2.70 bits per heavy atom. The Hall–Kier alpha value is -2.08. The molecule has 2 aromatic carbocycles. The third-order valence-electron chi connectivity index (χ3n) is 4.00. The maximum atomic E-state index is 12.2. The zero-order valence-corrected chi connectivity index (χ0v) is 17.3. The van der Waals surface area contributed by atoms with Crippen LogP contribution < -0.4 is 10.6 Å². The summed E-state index contributed by atoms with van der Waals surface area (Å²) in [6, 6.07) is 11.5. The van der Waals surface area contributed by atoms with Gasteiger partial charge < -0.3 is 10.6 Å². The quantitative estimate of drug-likeness (QED) is 0.537. The van der Waals surface area contributed by atoms with Gasteiger partial charge in [-0.2, -0.15) is 0 Å². The normalized spacial score (nSPS) is 10.7. The van der Waals surface area contributed by atoms with Gasteiger partial charge in [0.1, 0.15) is 0 Å². The minimum Gasteiger partial charge on any atom is -0.376 e. The maximum absolute atomic E-state index is 12.2. The molecule has 0 unspecified atom stereocenters. The second-order valence-electron chi connectivity index (χ2n) is 6.26. The number of amides is 1. The summed E-state index contributed by atoms with van der Waals surface area (Å²) in [6.45, 7) is 4.24. The molecule has 0 aliphatic heterocycles. The number of rotatable bonds is 6. The van der Waals surface area contributed by atoms with Gasteiger partial charge in [-0.15, -0.1) is 11.3 Å². The van der Waals surface area contributed by atoms with Gasteiger partial charge in [0.15, 0.2) is 5.13 Å². The van der Waals surface area contributed by atoms with Crippen LogP contribution in [0.15, 0.2) is 42.6 Å². The van der Waals surface area contributed by atoms with Crippen LogP contribution in [0, 0.1) is 13.8 Å². The van der Waals surface area contributed by atoms with Crippen molar-refractivity contribution in [1.29, 1.82) is 0 Å². The molecule has 3 rings (SSSR count). The molecule has 0 radical (unpaired) electrons. The molecule has 0 atom stereocenters. The number of carbonyl (C=O) groups excluding carboxylic acids is 1. The van der Waals surface area contributed by atoms with Gasteiger partial charge >= 0.3 is 0 Å². The summed E-state index contributed by atoms with van der Waals surface area (Å²) in [4.78, 5) is 17.5. The van der Waals surface area contributed by atoms with Gasteiger partial charge in [-0.25, -0.2) is 4.98 Å². The van der Waals surface area contributed by atoms with Crippen molar-refractivity contribution in [3.8, 4) is 0 Å². The molecule has 1 aromatic heterocycles. The minimum atomic E-state index is -0.139. The van der Waals surface area contributed by atoms with Crippen molar-refractivity contribution >= 4 is 51.3 Å². The number of anilines is 2. The molecule has 0 spiro atoms. The maximum Gasteiger partial charge on any atom is 0.245 e. The van der Waals surface area contributed by atoms with Gasteiger partial charge in [-0.3, -0.25) is 4.79 Å². The van der Waals surface area contributed by atoms with Crippen LogP contribution in [0.3, 0.4) is 0 Å². The van der Waals surface area contributed by atoms with Crippen molar-refractivity contribution in [1.82, 2.24) is 4.98 Å². The minimum absolute atomic E-state index is 0.139. The largest absolute Gasteiger partial charge is 0.376 e.